The van der Waals surface area contributed by atoms with Crippen LogP contribution in [0.1, 0.15) is 46.5 Å². The Bertz CT molecular complexity index is 245. The molecule has 0 bridgehead atoms. The quantitative estimate of drug-likeness (QED) is 0.719. The molecule has 2 fully saturated rings. The zero-order chi connectivity index (χ0) is 13.0. The van der Waals surface area contributed by atoms with Gasteiger partial charge in [0.15, 0.2) is 0 Å². The highest BCUT2D eigenvalue weighted by molar-refractivity contribution is 4.93. The van der Waals surface area contributed by atoms with Gasteiger partial charge in [-0.2, -0.15) is 0 Å². The van der Waals surface area contributed by atoms with E-state index in [0.29, 0.717) is 11.5 Å². The molecule has 1 atom stereocenters. The lowest BCUT2D eigenvalue weighted by molar-refractivity contribution is 0.103. The molecular formula is C15H30N2O. The Kier molecular flexibility index (Phi) is 5.05. The number of hydrogen-bond acceptors (Lipinski definition) is 3. The molecule has 0 aromatic heterocycles. The van der Waals surface area contributed by atoms with Crippen molar-refractivity contribution in [2.24, 2.45) is 5.41 Å². The zero-order valence-corrected chi connectivity index (χ0v) is 12.4. The van der Waals surface area contributed by atoms with E-state index in [4.69, 9.17) is 4.74 Å². The molecule has 106 valence electrons. The molecule has 1 saturated carbocycles. The third-order valence-electron chi connectivity index (χ3n) is 4.18. The Hall–Kier alpha value is -0.120. The number of hydrogen-bond donors (Lipinski definition) is 1. The van der Waals surface area contributed by atoms with Gasteiger partial charge < -0.3 is 10.1 Å². The number of ether oxygens (including phenoxy) is 1. The number of nitrogens with zero attached hydrogens (tertiary/aromatic N) is 1. The monoisotopic (exact) mass is 254 g/mol. The first kappa shape index (κ1) is 14.3. The fourth-order valence-corrected chi connectivity index (χ4v) is 2.94. The summed E-state index contributed by atoms with van der Waals surface area (Å²) < 4.78 is 5.71. The van der Waals surface area contributed by atoms with E-state index in [-0.39, 0.29) is 0 Å². The van der Waals surface area contributed by atoms with E-state index in [2.05, 4.69) is 31.0 Å². The highest BCUT2D eigenvalue weighted by Crippen LogP contribution is 2.34. The summed E-state index contributed by atoms with van der Waals surface area (Å²) in [6, 6.07) is 1.45. The second-order valence-electron chi connectivity index (χ2n) is 6.54. The maximum atomic E-state index is 5.71. The van der Waals surface area contributed by atoms with Crippen LogP contribution in [0.15, 0.2) is 0 Å². The molecule has 0 spiro atoms. The SMILES string of the molecule is CCCN(CC1(CNC(C)C)CCOC1)C1CC1. The fourth-order valence-electron chi connectivity index (χ4n) is 2.94. The van der Waals surface area contributed by atoms with Gasteiger partial charge >= 0.3 is 0 Å². The van der Waals surface area contributed by atoms with Crippen molar-refractivity contribution in [1.82, 2.24) is 10.2 Å². The van der Waals surface area contributed by atoms with Crippen molar-refractivity contribution in [3.63, 3.8) is 0 Å². The van der Waals surface area contributed by atoms with Crippen LogP contribution < -0.4 is 5.32 Å². The van der Waals surface area contributed by atoms with Crippen LogP contribution in [0.3, 0.4) is 0 Å². The summed E-state index contributed by atoms with van der Waals surface area (Å²) in [5, 5.41) is 3.63. The van der Waals surface area contributed by atoms with E-state index in [1.807, 2.05) is 0 Å². The predicted molar refractivity (Wildman–Crippen MR) is 75.9 cm³/mol. The van der Waals surface area contributed by atoms with E-state index < -0.39 is 0 Å². The maximum absolute atomic E-state index is 5.71. The largest absolute Gasteiger partial charge is 0.381 e. The maximum Gasteiger partial charge on any atom is 0.0547 e. The van der Waals surface area contributed by atoms with Gasteiger partial charge in [-0.05, 0) is 32.2 Å². The Morgan fingerprint density at radius 1 is 1.39 bits per heavy atom. The standard InChI is InChI=1S/C15H30N2O/c1-4-8-17(14-5-6-14)11-15(7-9-18-12-15)10-16-13(2)3/h13-14,16H,4-12H2,1-3H3. The lowest BCUT2D eigenvalue weighted by atomic mass is 9.86. The minimum absolute atomic E-state index is 0.363. The van der Waals surface area contributed by atoms with Gasteiger partial charge in [-0.25, -0.2) is 0 Å². The zero-order valence-electron chi connectivity index (χ0n) is 12.4. The van der Waals surface area contributed by atoms with Crippen LogP contribution in [0.4, 0.5) is 0 Å². The lowest BCUT2D eigenvalue weighted by Gasteiger charge is -2.35. The summed E-state index contributed by atoms with van der Waals surface area (Å²) in [7, 11) is 0. The van der Waals surface area contributed by atoms with Crippen molar-refractivity contribution in [2.45, 2.75) is 58.5 Å². The Labute approximate surface area is 112 Å². The molecule has 1 aliphatic carbocycles. The van der Waals surface area contributed by atoms with Gasteiger partial charge in [-0.15, -0.1) is 0 Å². The molecule has 0 radical (unpaired) electrons. The lowest BCUT2D eigenvalue weighted by Crippen LogP contribution is -2.47. The minimum Gasteiger partial charge on any atom is -0.381 e. The molecule has 3 heteroatoms. The summed E-state index contributed by atoms with van der Waals surface area (Å²) in [6.07, 6.45) is 5.31. The average molecular weight is 254 g/mol. The van der Waals surface area contributed by atoms with Gasteiger partial charge in [-0.1, -0.05) is 20.8 Å². The second-order valence-corrected chi connectivity index (χ2v) is 6.54. The van der Waals surface area contributed by atoms with E-state index in [1.165, 1.54) is 38.8 Å². The molecule has 18 heavy (non-hydrogen) atoms. The predicted octanol–water partition coefficient (Wildman–Crippen LogP) is 2.27. The van der Waals surface area contributed by atoms with Crippen LogP contribution in [-0.2, 0) is 4.74 Å². The van der Waals surface area contributed by atoms with E-state index in [0.717, 1.165) is 25.8 Å². The molecular weight excluding hydrogens is 224 g/mol. The van der Waals surface area contributed by atoms with Crippen LogP contribution >= 0.6 is 0 Å². The van der Waals surface area contributed by atoms with Gasteiger partial charge in [0.1, 0.15) is 0 Å². The molecule has 0 aromatic carbocycles. The van der Waals surface area contributed by atoms with Gasteiger partial charge in [0.2, 0.25) is 0 Å². The summed E-state index contributed by atoms with van der Waals surface area (Å²) >= 11 is 0. The molecule has 0 aromatic rings. The van der Waals surface area contributed by atoms with Gasteiger partial charge in [0.25, 0.3) is 0 Å². The van der Waals surface area contributed by atoms with Crippen LogP contribution in [0.5, 0.6) is 0 Å². The molecule has 1 saturated heterocycles. The molecule has 1 heterocycles. The van der Waals surface area contributed by atoms with Crippen LogP contribution in [0, 0.1) is 5.41 Å². The smallest absolute Gasteiger partial charge is 0.0547 e. The van der Waals surface area contributed by atoms with Crippen molar-refractivity contribution in [1.29, 1.82) is 0 Å². The van der Waals surface area contributed by atoms with Crippen LogP contribution in [0.2, 0.25) is 0 Å². The Balaban J connectivity index is 1.91. The van der Waals surface area contributed by atoms with Crippen LogP contribution in [-0.4, -0.2) is 49.8 Å². The highest BCUT2D eigenvalue weighted by atomic mass is 16.5. The molecule has 0 amide bonds. The molecule has 2 rings (SSSR count). The van der Waals surface area contributed by atoms with Crippen molar-refractivity contribution in [3.8, 4) is 0 Å². The van der Waals surface area contributed by atoms with Crippen LogP contribution in [0.25, 0.3) is 0 Å². The Morgan fingerprint density at radius 3 is 2.67 bits per heavy atom. The van der Waals surface area contributed by atoms with Crippen molar-refractivity contribution >= 4 is 0 Å². The first-order chi connectivity index (χ1) is 8.65. The highest BCUT2D eigenvalue weighted by Gasteiger charge is 2.40. The normalized spacial score (nSPS) is 28.5. The van der Waals surface area contributed by atoms with E-state index in [9.17, 15) is 0 Å². The number of rotatable bonds is 8. The van der Waals surface area contributed by atoms with E-state index in [1.54, 1.807) is 0 Å². The molecule has 1 N–H and O–H groups in total. The summed E-state index contributed by atoms with van der Waals surface area (Å²) in [5.74, 6) is 0. The first-order valence-corrected chi connectivity index (χ1v) is 7.70. The third kappa shape index (κ3) is 3.94. The van der Waals surface area contributed by atoms with Crippen molar-refractivity contribution in [3.05, 3.63) is 0 Å². The topological polar surface area (TPSA) is 24.5 Å². The van der Waals surface area contributed by atoms with E-state index >= 15 is 0 Å². The number of nitrogens with one attached hydrogen (secondary N) is 1. The molecule has 1 unspecified atom stereocenters. The minimum atomic E-state index is 0.363. The van der Waals surface area contributed by atoms with Gasteiger partial charge in [0.05, 0.1) is 6.61 Å². The fraction of sp³-hybridized carbons (Fsp3) is 1.00. The molecule has 2 aliphatic rings. The summed E-state index contributed by atoms with van der Waals surface area (Å²) in [6.45, 7) is 12.2. The summed E-state index contributed by atoms with van der Waals surface area (Å²) in [4.78, 5) is 2.72. The van der Waals surface area contributed by atoms with Gasteiger partial charge in [-0.3, -0.25) is 4.90 Å². The van der Waals surface area contributed by atoms with Crippen molar-refractivity contribution in [2.75, 3.05) is 32.8 Å². The first-order valence-electron chi connectivity index (χ1n) is 7.70. The van der Waals surface area contributed by atoms with Gasteiger partial charge in [0, 0.05) is 37.2 Å². The third-order valence-corrected chi connectivity index (χ3v) is 4.18. The second kappa shape index (κ2) is 6.36. The average Bonchev–Trinajstić information content (AvgIpc) is 3.08. The Morgan fingerprint density at radius 2 is 2.17 bits per heavy atom. The molecule has 3 nitrogen and oxygen atoms in total. The van der Waals surface area contributed by atoms with Crippen molar-refractivity contribution < 1.29 is 4.74 Å². The summed E-state index contributed by atoms with van der Waals surface area (Å²) in [5.41, 5.74) is 0.363. The molecule has 1 aliphatic heterocycles.